The Balaban J connectivity index is 1.55. The molecule has 1 saturated carbocycles. The number of rotatable bonds is 4. The normalized spacial score (nSPS) is 22.6. The molecule has 0 spiro atoms. The zero-order valence-electron chi connectivity index (χ0n) is 12.0. The van der Waals surface area contributed by atoms with Crippen LogP contribution in [0, 0.1) is 0 Å². The second kappa shape index (κ2) is 6.39. The van der Waals surface area contributed by atoms with Gasteiger partial charge >= 0.3 is 0 Å². The third-order valence-electron chi connectivity index (χ3n) is 4.29. The molecule has 1 fully saturated rings. The highest BCUT2D eigenvalue weighted by atomic mass is 35.5. The Morgan fingerprint density at radius 2 is 1.67 bits per heavy atom. The molecule has 0 bridgehead atoms. The standard InChI is InChI=1S/C18H19Cl2N/c1-12(13-4-2-6-16(19)8-13)21-18-10-15(11-18)14-5-3-7-17(20)9-14/h2-9,12,15,18,21H,10-11H2,1H3. The monoisotopic (exact) mass is 319 g/mol. The van der Waals surface area contributed by atoms with E-state index in [1.54, 1.807) is 0 Å². The van der Waals surface area contributed by atoms with Crippen molar-refractivity contribution in [1.29, 1.82) is 0 Å². The maximum atomic E-state index is 6.06. The van der Waals surface area contributed by atoms with Gasteiger partial charge in [0.15, 0.2) is 0 Å². The van der Waals surface area contributed by atoms with Gasteiger partial charge in [0, 0.05) is 22.1 Å². The Morgan fingerprint density at radius 1 is 1.00 bits per heavy atom. The van der Waals surface area contributed by atoms with Crippen LogP contribution < -0.4 is 5.32 Å². The number of nitrogens with one attached hydrogen (secondary N) is 1. The highest BCUT2D eigenvalue weighted by Gasteiger charge is 2.31. The molecule has 1 aliphatic rings. The van der Waals surface area contributed by atoms with E-state index >= 15 is 0 Å². The van der Waals surface area contributed by atoms with Gasteiger partial charge in [-0.15, -0.1) is 0 Å². The molecule has 0 radical (unpaired) electrons. The lowest BCUT2D eigenvalue weighted by molar-refractivity contribution is 0.271. The fourth-order valence-corrected chi connectivity index (χ4v) is 3.41. The summed E-state index contributed by atoms with van der Waals surface area (Å²) in [5.74, 6) is 0.632. The van der Waals surface area contributed by atoms with Crippen molar-refractivity contribution >= 4 is 23.2 Å². The van der Waals surface area contributed by atoms with Crippen molar-refractivity contribution in [3.63, 3.8) is 0 Å². The van der Waals surface area contributed by atoms with Crippen molar-refractivity contribution in [2.24, 2.45) is 0 Å². The summed E-state index contributed by atoms with van der Waals surface area (Å²) in [6.07, 6.45) is 2.34. The third kappa shape index (κ3) is 3.60. The summed E-state index contributed by atoms with van der Waals surface area (Å²) in [6, 6.07) is 17.2. The molecule has 3 heteroatoms. The molecule has 3 rings (SSSR count). The predicted octanol–water partition coefficient (Wildman–Crippen LogP) is 5.59. The highest BCUT2D eigenvalue weighted by Crippen LogP contribution is 2.38. The van der Waals surface area contributed by atoms with Gasteiger partial charge in [-0.25, -0.2) is 0 Å². The molecule has 0 saturated heterocycles. The quantitative estimate of drug-likeness (QED) is 0.774. The first-order chi connectivity index (χ1) is 10.1. The van der Waals surface area contributed by atoms with Gasteiger partial charge in [-0.2, -0.15) is 0 Å². The first-order valence-electron chi connectivity index (χ1n) is 7.39. The van der Waals surface area contributed by atoms with E-state index in [1.165, 1.54) is 24.0 Å². The first kappa shape index (κ1) is 14.9. The minimum Gasteiger partial charge on any atom is -0.307 e. The van der Waals surface area contributed by atoms with Crippen LogP contribution in [-0.2, 0) is 0 Å². The molecule has 0 aromatic heterocycles. The molecule has 21 heavy (non-hydrogen) atoms. The molecule has 0 aliphatic heterocycles. The summed E-state index contributed by atoms with van der Waals surface area (Å²) in [5.41, 5.74) is 2.60. The van der Waals surface area contributed by atoms with Crippen molar-refractivity contribution in [1.82, 2.24) is 5.32 Å². The van der Waals surface area contributed by atoms with Crippen molar-refractivity contribution < 1.29 is 0 Å². The van der Waals surface area contributed by atoms with E-state index in [2.05, 4.69) is 30.4 Å². The fourth-order valence-electron chi connectivity index (χ4n) is 3.01. The Labute approximate surface area is 136 Å². The van der Waals surface area contributed by atoms with Crippen LogP contribution >= 0.6 is 23.2 Å². The summed E-state index contributed by atoms with van der Waals surface area (Å²) in [6.45, 7) is 2.19. The first-order valence-corrected chi connectivity index (χ1v) is 8.14. The van der Waals surface area contributed by atoms with E-state index in [9.17, 15) is 0 Å². The molecule has 1 aliphatic carbocycles. The van der Waals surface area contributed by atoms with Crippen LogP contribution in [0.4, 0.5) is 0 Å². The Bertz CT molecular complexity index is 620. The van der Waals surface area contributed by atoms with Crippen LogP contribution in [0.15, 0.2) is 48.5 Å². The topological polar surface area (TPSA) is 12.0 Å². The van der Waals surface area contributed by atoms with E-state index < -0.39 is 0 Å². The van der Waals surface area contributed by atoms with Gasteiger partial charge in [-0.3, -0.25) is 0 Å². The number of benzene rings is 2. The van der Waals surface area contributed by atoms with Crippen molar-refractivity contribution in [3.05, 3.63) is 69.7 Å². The minimum absolute atomic E-state index is 0.328. The second-order valence-corrected chi connectivity index (χ2v) is 6.74. The Kier molecular flexibility index (Phi) is 4.54. The predicted molar refractivity (Wildman–Crippen MR) is 90.2 cm³/mol. The molecule has 2 aromatic carbocycles. The SMILES string of the molecule is CC(NC1CC(c2cccc(Cl)c2)C1)c1cccc(Cl)c1. The number of hydrogen-bond acceptors (Lipinski definition) is 1. The smallest absolute Gasteiger partial charge is 0.0409 e. The summed E-state index contributed by atoms with van der Waals surface area (Å²) in [7, 11) is 0. The summed E-state index contributed by atoms with van der Waals surface area (Å²) in [5, 5.41) is 5.31. The fraction of sp³-hybridized carbons (Fsp3) is 0.333. The van der Waals surface area contributed by atoms with Gasteiger partial charge in [0.1, 0.15) is 0 Å². The van der Waals surface area contributed by atoms with E-state index in [-0.39, 0.29) is 0 Å². The van der Waals surface area contributed by atoms with E-state index in [0.29, 0.717) is 18.0 Å². The van der Waals surface area contributed by atoms with E-state index in [0.717, 1.165) is 10.0 Å². The summed E-state index contributed by atoms with van der Waals surface area (Å²) >= 11 is 12.1. The van der Waals surface area contributed by atoms with Crippen LogP contribution in [0.25, 0.3) is 0 Å². The Hall–Kier alpha value is -1.02. The van der Waals surface area contributed by atoms with Crippen molar-refractivity contribution in [2.45, 2.75) is 37.8 Å². The average Bonchev–Trinajstić information content (AvgIpc) is 2.42. The van der Waals surface area contributed by atoms with Crippen LogP contribution in [0.3, 0.4) is 0 Å². The second-order valence-electron chi connectivity index (χ2n) is 5.86. The highest BCUT2D eigenvalue weighted by molar-refractivity contribution is 6.30. The molecular formula is C18H19Cl2N. The molecule has 1 atom stereocenters. The number of hydrogen-bond donors (Lipinski definition) is 1. The Morgan fingerprint density at radius 3 is 2.33 bits per heavy atom. The molecule has 1 nitrogen and oxygen atoms in total. The van der Waals surface area contributed by atoms with Crippen LogP contribution in [0.2, 0.25) is 10.0 Å². The summed E-state index contributed by atoms with van der Waals surface area (Å²) < 4.78 is 0. The van der Waals surface area contributed by atoms with Crippen LogP contribution in [0.5, 0.6) is 0 Å². The summed E-state index contributed by atoms with van der Waals surface area (Å²) in [4.78, 5) is 0. The maximum Gasteiger partial charge on any atom is 0.0409 e. The molecule has 110 valence electrons. The largest absolute Gasteiger partial charge is 0.307 e. The minimum atomic E-state index is 0.328. The third-order valence-corrected chi connectivity index (χ3v) is 4.76. The zero-order valence-corrected chi connectivity index (χ0v) is 13.5. The molecule has 0 amide bonds. The lowest BCUT2D eigenvalue weighted by atomic mass is 9.75. The van der Waals surface area contributed by atoms with Crippen molar-refractivity contribution in [3.8, 4) is 0 Å². The van der Waals surface area contributed by atoms with Gasteiger partial charge < -0.3 is 5.32 Å². The molecule has 0 heterocycles. The van der Waals surface area contributed by atoms with Gasteiger partial charge in [0.25, 0.3) is 0 Å². The van der Waals surface area contributed by atoms with E-state index in [1.807, 2.05) is 30.3 Å². The average molecular weight is 320 g/mol. The lowest BCUT2D eigenvalue weighted by Gasteiger charge is -2.38. The van der Waals surface area contributed by atoms with Gasteiger partial charge in [-0.1, -0.05) is 47.5 Å². The molecular weight excluding hydrogens is 301 g/mol. The molecule has 1 N–H and O–H groups in total. The lowest BCUT2D eigenvalue weighted by Crippen LogP contribution is -2.41. The number of halogens is 2. The van der Waals surface area contributed by atoms with Crippen molar-refractivity contribution in [2.75, 3.05) is 0 Å². The molecule has 2 aromatic rings. The van der Waals surface area contributed by atoms with Gasteiger partial charge in [0.05, 0.1) is 0 Å². The van der Waals surface area contributed by atoms with Gasteiger partial charge in [-0.05, 0) is 61.1 Å². The molecule has 1 unspecified atom stereocenters. The zero-order chi connectivity index (χ0) is 14.8. The van der Waals surface area contributed by atoms with Crippen LogP contribution in [-0.4, -0.2) is 6.04 Å². The van der Waals surface area contributed by atoms with Crippen LogP contribution in [0.1, 0.15) is 42.9 Å². The van der Waals surface area contributed by atoms with E-state index in [4.69, 9.17) is 23.2 Å². The van der Waals surface area contributed by atoms with Gasteiger partial charge in [0.2, 0.25) is 0 Å². The maximum absolute atomic E-state index is 6.06.